The number of imidazole rings is 1. The first-order valence-corrected chi connectivity index (χ1v) is 18.4. The Kier molecular flexibility index (Phi) is 12.2. The van der Waals surface area contributed by atoms with Gasteiger partial charge in [-0.3, -0.25) is 14.4 Å². The van der Waals surface area contributed by atoms with Gasteiger partial charge in [0.1, 0.15) is 6.04 Å². The Morgan fingerprint density at radius 1 is 0.962 bits per heavy atom. The number of halogens is 1. The Balaban J connectivity index is 0.00000481. The number of carbonyl (C=O) groups is 3. The number of piperidine rings is 1. The minimum absolute atomic E-state index is 0. The standard InChI is InChI=1S/C40H47N9O3.ClH/c1-25-21-30(38(51)44-31-15-18-42-19-16-31)11-13-33(25)28-7-3-26(4-8-28)22-36(46-37(50)29-9-5-27(24-41)6-10-29)39(52)45-32-12-14-34-35(23-32)48-40(47-34)49-20-2-17-43-49;/h2-4,7-8,11-14,17,20-21,23,27,29,31,36,42H,5-6,9-10,15-16,18-19,22,24,41H2,1H3,(H,44,51)(H,45,52)(H,46,50)(H,47,48);1H/t27?,29?,36-;/m0./s1. The number of rotatable bonds is 11. The summed E-state index contributed by atoms with van der Waals surface area (Å²) in [4.78, 5) is 48.2. The monoisotopic (exact) mass is 737 g/mol. The molecule has 3 heterocycles. The third-order valence-corrected chi connectivity index (χ3v) is 10.5. The van der Waals surface area contributed by atoms with Crippen molar-refractivity contribution < 1.29 is 14.4 Å². The quantitative estimate of drug-likeness (QED) is 0.110. The molecule has 2 aromatic heterocycles. The van der Waals surface area contributed by atoms with E-state index in [2.05, 4.69) is 36.3 Å². The van der Waals surface area contributed by atoms with Gasteiger partial charge in [0.05, 0.1) is 11.0 Å². The summed E-state index contributed by atoms with van der Waals surface area (Å²) in [5, 5.41) is 16.9. The van der Waals surface area contributed by atoms with Gasteiger partial charge in [0.15, 0.2) is 0 Å². The number of fused-ring (bicyclic) bond motifs is 1. The second-order valence-corrected chi connectivity index (χ2v) is 14.2. The van der Waals surface area contributed by atoms with Crippen molar-refractivity contribution in [1.82, 2.24) is 35.7 Å². The molecule has 2 aliphatic rings. The van der Waals surface area contributed by atoms with Gasteiger partial charge in [0.25, 0.3) is 5.91 Å². The van der Waals surface area contributed by atoms with Gasteiger partial charge in [-0.25, -0.2) is 9.67 Å². The first-order valence-electron chi connectivity index (χ1n) is 18.4. The van der Waals surface area contributed by atoms with Gasteiger partial charge in [-0.15, -0.1) is 12.4 Å². The third kappa shape index (κ3) is 9.13. The van der Waals surface area contributed by atoms with Gasteiger partial charge < -0.3 is 32.0 Å². The van der Waals surface area contributed by atoms with Crippen LogP contribution in [0.2, 0.25) is 0 Å². The maximum atomic E-state index is 13.9. The highest BCUT2D eigenvalue weighted by Crippen LogP contribution is 2.29. The minimum atomic E-state index is -0.790. The summed E-state index contributed by atoms with van der Waals surface area (Å²) in [7, 11) is 0. The lowest BCUT2D eigenvalue weighted by atomic mass is 9.81. The van der Waals surface area contributed by atoms with Gasteiger partial charge in [0, 0.05) is 42.0 Å². The highest BCUT2D eigenvalue weighted by atomic mass is 35.5. The number of hydrogen-bond donors (Lipinski definition) is 6. The summed E-state index contributed by atoms with van der Waals surface area (Å²) < 4.78 is 1.64. The summed E-state index contributed by atoms with van der Waals surface area (Å²) in [5.74, 6) is 0.442. The Morgan fingerprint density at radius 2 is 1.74 bits per heavy atom. The number of amides is 3. The summed E-state index contributed by atoms with van der Waals surface area (Å²) in [6, 6.07) is 20.6. The fourth-order valence-electron chi connectivity index (χ4n) is 7.38. The number of H-pyrrole nitrogens is 1. The number of nitrogens with two attached hydrogens (primary N) is 1. The number of aryl methyl sites for hydroxylation is 1. The summed E-state index contributed by atoms with van der Waals surface area (Å²) in [6.07, 6.45) is 9.05. The average Bonchev–Trinajstić information content (AvgIpc) is 3.86. The van der Waals surface area contributed by atoms with Crippen molar-refractivity contribution in [2.45, 2.75) is 64.0 Å². The van der Waals surface area contributed by atoms with Crippen molar-refractivity contribution in [3.63, 3.8) is 0 Å². The molecule has 7 rings (SSSR count). The van der Waals surface area contributed by atoms with E-state index in [9.17, 15) is 14.4 Å². The number of benzene rings is 3. The molecule has 1 aliphatic heterocycles. The lowest BCUT2D eigenvalue weighted by Gasteiger charge is -2.28. The summed E-state index contributed by atoms with van der Waals surface area (Å²) >= 11 is 0. The molecule has 12 nitrogen and oxygen atoms in total. The van der Waals surface area contributed by atoms with Crippen LogP contribution >= 0.6 is 12.4 Å². The smallest absolute Gasteiger partial charge is 0.251 e. The molecule has 3 amide bonds. The lowest BCUT2D eigenvalue weighted by molar-refractivity contribution is -0.130. The molecule has 0 spiro atoms. The van der Waals surface area contributed by atoms with Crippen LogP contribution in [0, 0.1) is 18.8 Å². The number of carbonyl (C=O) groups excluding carboxylic acids is 3. The van der Waals surface area contributed by atoms with Gasteiger partial charge >= 0.3 is 0 Å². The van der Waals surface area contributed by atoms with E-state index in [4.69, 9.17) is 5.73 Å². The van der Waals surface area contributed by atoms with Crippen LogP contribution in [0.1, 0.15) is 60.0 Å². The zero-order valence-corrected chi connectivity index (χ0v) is 30.8. The maximum Gasteiger partial charge on any atom is 0.251 e. The molecule has 1 saturated heterocycles. The summed E-state index contributed by atoms with van der Waals surface area (Å²) in [6.45, 7) is 4.49. The van der Waals surface area contributed by atoms with E-state index in [1.54, 1.807) is 23.1 Å². The molecule has 5 aromatic rings. The number of nitrogens with zero attached hydrogens (tertiary/aromatic N) is 3. The second kappa shape index (κ2) is 17.2. The van der Waals surface area contributed by atoms with Crippen molar-refractivity contribution >= 4 is 46.8 Å². The molecular weight excluding hydrogens is 690 g/mol. The molecule has 0 bridgehead atoms. The predicted molar refractivity (Wildman–Crippen MR) is 209 cm³/mol. The molecule has 1 aliphatic carbocycles. The molecule has 7 N–H and O–H groups in total. The van der Waals surface area contributed by atoms with E-state index < -0.39 is 6.04 Å². The zero-order valence-electron chi connectivity index (χ0n) is 29.9. The van der Waals surface area contributed by atoms with Gasteiger partial charge in [0.2, 0.25) is 17.8 Å². The number of aromatic nitrogens is 4. The molecule has 2 fully saturated rings. The van der Waals surface area contributed by atoms with Crippen molar-refractivity contribution in [2.75, 3.05) is 25.0 Å². The topological polar surface area (TPSA) is 172 Å². The molecule has 13 heteroatoms. The van der Waals surface area contributed by atoms with Gasteiger partial charge in [-0.2, -0.15) is 5.10 Å². The fraction of sp³-hybridized carbons (Fsp3) is 0.375. The van der Waals surface area contributed by atoms with Crippen molar-refractivity contribution in [3.05, 3.63) is 95.8 Å². The van der Waals surface area contributed by atoms with E-state index in [0.717, 1.165) is 84.9 Å². The molecule has 53 heavy (non-hydrogen) atoms. The van der Waals surface area contributed by atoms with Crippen LogP contribution in [-0.4, -0.2) is 69.2 Å². The molecule has 1 atom stereocenters. The van der Waals surface area contributed by atoms with Crippen LogP contribution in [0.15, 0.2) is 79.1 Å². The predicted octanol–water partition coefficient (Wildman–Crippen LogP) is 5.06. The second-order valence-electron chi connectivity index (χ2n) is 14.2. The highest BCUT2D eigenvalue weighted by Gasteiger charge is 2.29. The van der Waals surface area contributed by atoms with E-state index in [-0.39, 0.29) is 42.1 Å². The van der Waals surface area contributed by atoms with Crippen molar-refractivity contribution in [3.8, 4) is 17.1 Å². The minimum Gasteiger partial charge on any atom is -0.349 e. The Labute approximate surface area is 315 Å². The van der Waals surface area contributed by atoms with E-state index in [1.165, 1.54) is 0 Å². The van der Waals surface area contributed by atoms with Crippen LogP contribution in [0.5, 0.6) is 0 Å². The van der Waals surface area contributed by atoms with Crippen LogP contribution in [-0.2, 0) is 16.0 Å². The molecule has 1 saturated carbocycles. The summed E-state index contributed by atoms with van der Waals surface area (Å²) in [5.41, 5.74) is 12.6. The van der Waals surface area contributed by atoms with Crippen LogP contribution < -0.4 is 27.0 Å². The molecule has 0 unspecified atom stereocenters. The first-order chi connectivity index (χ1) is 25.3. The van der Waals surface area contributed by atoms with Gasteiger partial charge in [-0.05, 0) is 130 Å². The SMILES string of the molecule is Cc1cc(C(=O)NC2CCNCC2)ccc1-c1ccc(C[C@H](NC(=O)C2CCC(CN)CC2)C(=O)Nc2ccc3nc(-n4cccn4)[nH]c3c2)cc1.Cl. The number of aromatic amines is 1. The fourth-order valence-corrected chi connectivity index (χ4v) is 7.38. The Hall–Kier alpha value is -5.04. The lowest BCUT2D eigenvalue weighted by Crippen LogP contribution is -2.48. The Morgan fingerprint density at radius 3 is 2.43 bits per heavy atom. The third-order valence-electron chi connectivity index (χ3n) is 10.5. The normalized spacial score (nSPS) is 18.2. The van der Waals surface area contributed by atoms with E-state index in [0.29, 0.717) is 36.1 Å². The van der Waals surface area contributed by atoms with E-state index in [1.807, 2.05) is 67.6 Å². The van der Waals surface area contributed by atoms with Crippen molar-refractivity contribution in [1.29, 1.82) is 0 Å². The largest absolute Gasteiger partial charge is 0.349 e. The average molecular weight is 738 g/mol. The zero-order chi connectivity index (χ0) is 36.0. The molecular formula is C40H48ClN9O3. The number of hydrogen-bond acceptors (Lipinski definition) is 7. The number of anilines is 1. The number of nitrogens with one attached hydrogen (secondary N) is 5. The van der Waals surface area contributed by atoms with Gasteiger partial charge in [-0.1, -0.05) is 30.3 Å². The van der Waals surface area contributed by atoms with Crippen molar-refractivity contribution in [2.24, 2.45) is 17.6 Å². The maximum absolute atomic E-state index is 13.9. The molecule has 3 aromatic carbocycles. The van der Waals surface area contributed by atoms with E-state index >= 15 is 0 Å². The van der Waals surface area contributed by atoms with Crippen LogP contribution in [0.3, 0.4) is 0 Å². The van der Waals surface area contributed by atoms with Crippen LogP contribution in [0.25, 0.3) is 28.1 Å². The highest BCUT2D eigenvalue weighted by molar-refractivity contribution is 5.99. The molecule has 0 radical (unpaired) electrons. The van der Waals surface area contributed by atoms with Crippen LogP contribution in [0.4, 0.5) is 5.69 Å². The molecule has 278 valence electrons. The Bertz CT molecular complexity index is 2010. The first kappa shape index (κ1) is 37.7.